The van der Waals surface area contributed by atoms with Crippen molar-refractivity contribution in [1.82, 2.24) is 0 Å². The summed E-state index contributed by atoms with van der Waals surface area (Å²) in [7, 11) is 0. The van der Waals surface area contributed by atoms with Gasteiger partial charge in [0.2, 0.25) is 0 Å². The molecule has 0 N–H and O–H groups in total. The van der Waals surface area contributed by atoms with E-state index in [1.54, 1.807) is 13.8 Å². The average molecular weight is 1040 g/mol. The van der Waals surface area contributed by atoms with Crippen LogP contribution in [0, 0.1) is 27.7 Å². The van der Waals surface area contributed by atoms with E-state index >= 15 is 0 Å². The Bertz CT molecular complexity index is 3330. The van der Waals surface area contributed by atoms with Gasteiger partial charge < -0.3 is 18.9 Å². The smallest absolute Gasteiger partial charge is 0.333 e. The van der Waals surface area contributed by atoms with Gasteiger partial charge in [-0.15, -0.1) is 0 Å². The molecule has 0 atom stereocenters. The number of esters is 2. The van der Waals surface area contributed by atoms with Crippen molar-refractivity contribution in [3.8, 4) is 67.1 Å². The van der Waals surface area contributed by atoms with Gasteiger partial charge in [-0.25, -0.2) is 9.59 Å². The van der Waals surface area contributed by atoms with Gasteiger partial charge >= 0.3 is 11.9 Å². The van der Waals surface area contributed by atoms with Gasteiger partial charge in [-0.05, 0) is 211 Å². The molecule has 0 aliphatic rings. The first-order chi connectivity index (χ1) is 36.8. The molecule has 398 valence electrons. The van der Waals surface area contributed by atoms with Crippen LogP contribution in [0.1, 0.15) is 114 Å². The molecule has 8 aromatic rings. The third-order valence-corrected chi connectivity index (χ3v) is 14.5. The molecule has 0 amide bonds. The highest BCUT2D eigenvalue weighted by molar-refractivity contribution is 5.89. The second-order valence-corrected chi connectivity index (χ2v) is 22.8. The fourth-order valence-electron chi connectivity index (χ4n) is 11.5. The van der Waals surface area contributed by atoms with Crippen LogP contribution in [0.3, 0.4) is 0 Å². The highest BCUT2D eigenvalue weighted by atomic mass is 16.6. The van der Waals surface area contributed by atoms with Gasteiger partial charge in [0.15, 0.2) is 0 Å². The van der Waals surface area contributed by atoms with Gasteiger partial charge in [-0.2, -0.15) is 0 Å². The van der Waals surface area contributed by atoms with E-state index in [1.165, 1.54) is 0 Å². The van der Waals surface area contributed by atoms with Crippen molar-refractivity contribution in [3.05, 3.63) is 239 Å². The topological polar surface area (TPSA) is 71.1 Å². The standard InChI is InChI=1S/C72H74O6/c1-45(2)67(73)77-71(13,14)65-49(7)39-57(43-61(65)53-33-25-19-26-34-53)75-69(9,10)63-47(5)37-55(41-59(63)51-29-21-17-22-30-51)56-38-48(6)64(60(42-56)52-31-23-18-24-32-52)70(11,12)76-58-40-50(8)66(72(15,16)78-68(74)46(3)4)62(44-58)54-35-27-20-28-36-54/h17-44H,1,3H2,2,4-16H3. The van der Waals surface area contributed by atoms with Crippen LogP contribution in [0.5, 0.6) is 11.5 Å². The number of ether oxygens (including phenoxy) is 4. The maximum absolute atomic E-state index is 13.0. The second kappa shape index (κ2) is 22.0. The summed E-state index contributed by atoms with van der Waals surface area (Å²) in [6.45, 7) is 35.7. The highest BCUT2D eigenvalue weighted by Crippen LogP contribution is 2.47. The van der Waals surface area contributed by atoms with E-state index in [0.29, 0.717) is 22.6 Å². The zero-order valence-electron chi connectivity index (χ0n) is 48.0. The SMILES string of the molecule is C=C(C)C(=O)OC(C)(C)c1c(C)cc(OC(C)(C)c2c(C)cc(-c3cc(C)c(C(C)(C)Oc4cc(C)c(C(C)(C)OC(=O)C(=C)C)c(-c5ccccc5)c4)c(-c4ccccc4)c3)cc2-c2ccccc2)cc1-c1ccccc1. The van der Waals surface area contributed by atoms with Crippen molar-refractivity contribution in [2.24, 2.45) is 0 Å². The quantitative estimate of drug-likeness (QED) is 0.0668. The van der Waals surface area contributed by atoms with Crippen LogP contribution in [0.15, 0.2) is 194 Å². The van der Waals surface area contributed by atoms with Gasteiger partial charge in [0.1, 0.15) is 33.9 Å². The molecule has 0 aromatic heterocycles. The molecule has 8 aromatic carbocycles. The molecule has 0 aliphatic heterocycles. The minimum Gasteiger partial charge on any atom is -0.483 e. The van der Waals surface area contributed by atoms with Crippen molar-refractivity contribution in [1.29, 1.82) is 0 Å². The van der Waals surface area contributed by atoms with E-state index in [0.717, 1.165) is 100 Å². The van der Waals surface area contributed by atoms with Gasteiger partial charge in [0.25, 0.3) is 0 Å². The number of rotatable bonds is 17. The number of carbonyl (C=O) groups excluding carboxylic acids is 2. The van der Waals surface area contributed by atoms with E-state index in [-0.39, 0.29) is 0 Å². The lowest BCUT2D eigenvalue weighted by Gasteiger charge is -2.34. The van der Waals surface area contributed by atoms with E-state index in [1.807, 2.05) is 90.1 Å². The summed E-state index contributed by atoms with van der Waals surface area (Å²) in [6, 6.07) is 58.8. The minimum absolute atomic E-state index is 0.344. The molecule has 0 fully saturated rings. The molecule has 0 heterocycles. The lowest BCUT2D eigenvalue weighted by atomic mass is 9.81. The molecule has 0 radical (unpaired) electrons. The van der Waals surface area contributed by atoms with Crippen LogP contribution in [-0.2, 0) is 41.5 Å². The first-order valence-corrected chi connectivity index (χ1v) is 26.8. The molecule has 78 heavy (non-hydrogen) atoms. The Balaban J connectivity index is 1.23. The number of benzene rings is 8. The molecule has 6 heteroatoms. The van der Waals surface area contributed by atoms with Gasteiger partial charge in [0.05, 0.1) is 0 Å². The zero-order chi connectivity index (χ0) is 56.5. The number of aryl methyl sites for hydroxylation is 4. The number of carbonyl (C=O) groups is 2. The molecular weight excluding hydrogens is 961 g/mol. The Kier molecular flexibility index (Phi) is 15.8. The fraction of sp³-hybridized carbons (Fsp3) is 0.250. The third kappa shape index (κ3) is 11.8. The van der Waals surface area contributed by atoms with Crippen molar-refractivity contribution in [2.45, 2.75) is 119 Å². The fourth-order valence-corrected chi connectivity index (χ4v) is 11.5. The van der Waals surface area contributed by atoms with Crippen LogP contribution in [0.25, 0.3) is 55.6 Å². The monoisotopic (exact) mass is 1030 g/mol. The summed E-state index contributed by atoms with van der Waals surface area (Å²) >= 11 is 0. The van der Waals surface area contributed by atoms with Crippen LogP contribution < -0.4 is 9.47 Å². The first kappa shape index (κ1) is 56.0. The summed E-state index contributed by atoms with van der Waals surface area (Å²) < 4.78 is 26.7. The molecule has 0 saturated heterocycles. The molecule has 0 spiro atoms. The Morgan fingerprint density at radius 1 is 0.333 bits per heavy atom. The van der Waals surface area contributed by atoms with Crippen LogP contribution in [-0.4, -0.2) is 11.9 Å². The average Bonchev–Trinajstić information content (AvgIpc) is 3.38. The molecule has 0 saturated carbocycles. The van der Waals surface area contributed by atoms with Gasteiger partial charge in [0, 0.05) is 33.4 Å². The zero-order valence-corrected chi connectivity index (χ0v) is 48.0. The number of hydrogen-bond acceptors (Lipinski definition) is 6. The van der Waals surface area contributed by atoms with Gasteiger partial charge in [-0.3, -0.25) is 0 Å². The van der Waals surface area contributed by atoms with E-state index < -0.39 is 34.3 Å². The van der Waals surface area contributed by atoms with Crippen molar-refractivity contribution < 1.29 is 28.5 Å². The predicted octanol–water partition coefficient (Wildman–Crippen LogP) is 18.6. The van der Waals surface area contributed by atoms with Crippen molar-refractivity contribution in [3.63, 3.8) is 0 Å². The third-order valence-electron chi connectivity index (χ3n) is 14.5. The molecule has 0 bridgehead atoms. The maximum Gasteiger partial charge on any atom is 0.333 e. The minimum atomic E-state index is -0.966. The molecule has 8 rings (SSSR count). The summed E-state index contributed by atoms with van der Waals surface area (Å²) in [6.07, 6.45) is 0. The Morgan fingerprint density at radius 2 is 0.577 bits per heavy atom. The highest BCUT2D eigenvalue weighted by Gasteiger charge is 2.36. The predicted molar refractivity (Wildman–Crippen MR) is 321 cm³/mol. The van der Waals surface area contributed by atoms with Gasteiger partial charge in [-0.1, -0.05) is 147 Å². The number of hydrogen-bond donors (Lipinski definition) is 0. The Morgan fingerprint density at radius 3 is 0.846 bits per heavy atom. The van der Waals surface area contributed by atoms with E-state index in [4.69, 9.17) is 18.9 Å². The molecule has 0 unspecified atom stereocenters. The molecule has 6 nitrogen and oxygen atoms in total. The van der Waals surface area contributed by atoms with E-state index in [2.05, 4.69) is 176 Å². The maximum atomic E-state index is 13.0. The summed E-state index contributed by atoms with van der Waals surface area (Å²) in [5.74, 6) is 0.516. The van der Waals surface area contributed by atoms with Crippen molar-refractivity contribution >= 4 is 11.9 Å². The summed E-state index contributed by atoms with van der Waals surface area (Å²) in [5, 5.41) is 0. The normalized spacial score (nSPS) is 11.9. The Labute approximate surface area is 463 Å². The van der Waals surface area contributed by atoms with Crippen LogP contribution in [0.4, 0.5) is 0 Å². The van der Waals surface area contributed by atoms with Crippen LogP contribution >= 0.6 is 0 Å². The lowest BCUT2D eigenvalue weighted by Crippen LogP contribution is -2.29. The molecular formula is C72H74O6. The second-order valence-electron chi connectivity index (χ2n) is 22.8. The molecule has 0 aliphatic carbocycles. The largest absolute Gasteiger partial charge is 0.483 e. The first-order valence-electron chi connectivity index (χ1n) is 26.8. The Hall–Kier alpha value is -8.22. The van der Waals surface area contributed by atoms with E-state index in [9.17, 15) is 9.59 Å². The van der Waals surface area contributed by atoms with Crippen molar-refractivity contribution in [2.75, 3.05) is 0 Å². The lowest BCUT2D eigenvalue weighted by molar-refractivity contribution is -0.153. The summed E-state index contributed by atoms with van der Waals surface area (Å²) in [4.78, 5) is 25.9. The van der Waals surface area contributed by atoms with Crippen LogP contribution in [0.2, 0.25) is 0 Å². The summed E-state index contributed by atoms with van der Waals surface area (Å²) in [5.41, 5.74) is 15.3.